The summed E-state index contributed by atoms with van der Waals surface area (Å²) in [5.74, 6) is -0.907. The minimum absolute atomic E-state index is 0.0860. The van der Waals surface area contributed by atoms with Gasteiger partial charge in [0.15, 0.2) is 6.10 Å². The fourth-order valence-corrected chi connectivity index (χ4v) is 8.07. The van der Waals surface area contributed by atoms with Crippen molar-refractivity contribution in [1.82, 2.24) is 0 Å². The van der Waals surface area contributed by atoms with Crippen molar-refractivity contribution in [3.63, 3.8) is 0 Å². The molecule has 0 heterocycles. The van der Waals surface area contributed by atoms with Crippen LogP contribution in [-0.2, 0) is 28.6 Å². The molecule has 392 valence electrons. The lowest BCUT2D eigenvalue weighted by Gasteiger charge is -2.18. The lowest BCUT2D eigenvalue weighted by Crippen LogP contribution is -2.30. The predicted octanol–water partition coefficient (Wildman–Crippen LogP) is 19.4. The molecule has 1 unspecified atom stereocenters. The monoisotopic (exact) mass is 949 g/mol. The van der Waals surface area contributed by atoms with Crippen LogP contribution in [0.5, 0.6) is 0 Å². The Balaban J connectivity index is 4.41. The van der Waals surface area contributed by atoms with Crippen LogP contribution in [0.4, 0.5) is 0 Å². The smallest absolute Gasteiger partial charge is 0.306 e. The van der Waals surface area contributed by atoms with Crippen LogP contribution >= 0.6 is 0 Å². The standard InChI is InChI=1S/C62H108O6/c1-4-7-10-13-16-19-22-25-28-30-32-34-37-40-43-46-49-52-55-61(64)67-58-59(57-66-60(63)54-51-48-45-42-39-36-33-27-24-21-18-15-12-9-6-3)68-62(65)56-53-50-47-44-41-38-35-31-29-26-23-20-17-14-11-8-5-2/h9,12,17-18,20-21,26-30,33,59H,4-8,10-11,13-16,19,22-25,31-32,34-58H2,1-3H3/b12-9-,20-17-,21-18-,29-26-,30-28-,33-27-. The highest BCUT2D eigenvalue weighted by Gasteiger charge is 2.19. The van der Waals surface area contributed by atoms with Crippen LogP contribution in [0.25, 0.3) is 0 Å². The predicted molar refractivity (Wildman–Crippen MR) is 293 cm³/mol. The van der Waals surface area contributed by atoms with Gasteiger partial charge in [-0.3, -0.25) is 14.4 Å². The van der Waals surface area contributed by atoms with Gasteiger partial charge in [0.05, 0.1) is 0 Å². The largest absolute Gasteiger partial charge is 0.462 e. The maximum Gasteiger partial charge on any atom is 0.306 e. The minimum Gasteiger partial charge on any atom is -0.462 e. The molecule has 0 aliphatic carbocycles. The van der Waals surface area contributed by atoms with Gasteiger partial charge in [-0.2, -0.15) is 0 Å². The van der Waals surface area contributed by atoms with Crippen molar-refractivity contribution in [1.29, 1.82) is 0 Å². The maximum absolute atomic E-state index is 12.9. The summed E-state index contributed by atoms with van der Waals surface area (Å²) in [6, 6.07) is 0. The van der Waals surface area contributed by atoms with Gasteiger partial charge in [0.2, 0.25) is 0 Å². The van der Waals surface area contributed by atoms with Gasteiger partial charge < -0.3 is 14.2 Å². The summed E-state index contributed by atoms with van der Waals surface area (Å²) in [5.41, 5.74) is 0. The molecule has 6 nitrogen and oxygen atoms in total. The van der Waals surface area contributed by atoms with Gasteiger partial charge >= 0.3 is 17.9 Å². The molecule has 0 saturated carbocycles. The highest BCUT2D eigenvalue weighted by Crippen LogP contribution is 2.15. The lowest BCUT2D eigenvalue weighted by molar-refractivity contribution is -0.167. The fourth-order valence-electron chi connectivity index (χ4n) is 8.07. The van der Waals surface area contributed by atoms with Crippen molar-refractivity contribution in [2.75, 3.05) is 13.2 Å². The van der Waals surface area contributed by atoms with E-state index < -0.39 is 6.10 Å². The normalized spacial score (nSPS) is 12.6. The van der Waals surface area contributed by atoms with Crippen molar-refractivity contribution in [2.24, 2.45) is 0 Å². The van der Waals surface area contributed by atoms with Crippen LogP contribution in [0.3, 0.4) is 0 Å². The highest BCUT2D eigenvalue weighted by atomic mass is 16.6. The number of allylic oxidation sites excluding steroid dienone is 12. The molecule has 0 aromatic rings. The van der Waals surface area contributed by atoms with Crippen molar-refractivity contribution in [3.05, 3.63) is 72.9 Å². The van der Waals surface area contributed by atoms with E-state index in [1.807, 2.05) is 0 Å². The zero-order valence-corrected chi connectivity index (χ0v) is 44.9. The van der Waals surface area contributed by atoms with Gasteiger partial charge in [0, 0.05) is 19.3 Å². The average molecular weight is 950 g/mol. The zero-order chi connectivity index (χ0) is 49.3. The summed E-state index contributed by atoms with van der Waals surface area (Å²) < 4.78 is 16.9. The molecule has 68 heavy (non-hydrogen) atoms. The van der Waals surface area contributed by atoms with Crippen LogP contribution in [0, 0.1) is 0 Å². The molecule has 0 saturated heterocycles. The first-order valence-corrected chi connectivity index (χ1v) is 28.9. The van der Waals surface area contributed by atoms with E-state index in [-0.39, 0.29) is 31.1 Å². The third-order valence-corrected chi connectivity index (χ3v) is 12.4. The highest BCUT2D eigenvalue weighted by molar-refractivity contribution is 5.71. The SMILES string of the molecule is CC/C=C\C/C=C\C/C=C\CCCCCCCC(=O)OCC(COC(=O)CCCCCCCCC/C=C\CCCCCCCCC)OC(=O)CCCCCCCCC/C=C\C/C=C\CCCCC. The van der Waals surface area contributed by atoms with Crippen molar-refractivity contribution in [3.8, 4) is 0 Å². The summed E-state index contributed by atoms with van der Waals surface area (Å²) in [4.78, 5) is 38.2. The van der Waals surface area contributed by atoms with E-state index in [1.54, 1.807) is 0 Å². The van der Waals surface area contributed by atoms with Gasteiger partial charge in [-0.05, 0) is 109 Å². The number of unbranched alkanes of at least 4 members (excludes halogenated alkanes) is 29. The van der Waals surface area contributed by atoms with E-state index >= 15 is 0 Å². The number of esters is 3. The number of carbonyl (C=O) groups excluding carboxylic acids is 3. The Bertz CT molecular complexity index is 1270. The molecule has 0 aliphatic heterocycles. The van der Waals surface area contributed by atoms with E-state index in [0.29, 0.717) is 19.3 Å². The summed E-state index contributed by atoms with van der Waals surface area (Å²) >= 11 is 0. The van der Waals surface area contributed by atoms with Gasteiger partial charge in [0.1, 0.15) is 13.2 Å². The van der Waals surface area contributed by atoms with E-state index in [9.17, 15) is 14.4 Å². The fraction of sp³-hybridized carbons (Fsp3) is 0.758. The molecule has 0 radical (unpaired) electrons. The molecule has 0 aromatic heterocycles. The summed E-state index contributed by atoms with van der Waals surface area (Å²) in [6.45, 7) is 6.50. The topological polar surface area (TPSA) is 78.9 Å². The first-order valence-electron chi connectivity index (χ1n) is 28.9. The Morgan fingerprint density at radius 3 is 0.941 bits per heavy atom. The molecular weight excluding hydrogens is 841 g/mol. The lowest BCUT2D eigenvalue weighted by atomic mass is 10.1. The quantitative estimate of drug-likeness (QED) is 0.0262. The number of ether oxygens (including phenoxy) is 3. The third kappa shape index (κ3) is 53.8. The second kappa shape index (κ2) is 56.4. The Morgan fingerprint density at radius 2 is 0.574 bits per heavy atom. The Morgan fingerprint density at radius 1 is 0.309 bits per heavy atom. The van der Waals surface area contributed by atoms with Crippen LogP contribution < -0.4 is 0 Å². The molecule has 0 aliphatic rings. The molecule has 0 aromatic carbocycles. The summed E-state index contributed by atoms with van der Waals surface area (Å²) in [7, 11) is 0. The van der Waals surface area contributed by atoms with Gasteiger partial charge in [-0.15, -0.1) is 0 Å². The Hall–Kier alpha value is -3.15. The molecule has 0 bridgehead atoms. The van der Waals surface area contributed by atoms with Crippen LogP contribution in [0.1, 0.15) is 284 Å². The van der Waals surface area contributed by atoms with Crippen LogP contribution in [0.2, 0.25) is 0 Å². The van der Waals surface area contributed by atoms with E-state index in [4.69, 9.17) is 14.2 Å². The van der Waals surface area contributed by atoms with Crippen LogP contribution in [-0.4, -0.2) is 37.2 Å². The van der Waals surface area contributed by atoms with E-state index in [2.05, 4.69) is 93.7 Å². The van der Waals surface area contributed by atoms with E-state index in [0.717, 1.165) is 109 Å². The van der Waals surface area contributed by atoms with Gasteiger partial charge in [0.25, 0.3) is 0 Å². The molecule has 0 amide bonds. The molecule has 0 rings (SSSR count). The Kier molecular flexibility index (Phi) is 53.8. The number of hydrogen-bond donors (Lipinski definition) is 0. The van der Waals surface area contributed by atoms with Gasteiger partial charge in [-0.25, -0.2) is 0 Å². The molecular formula is C62H108O6. The zero-order valence-electron chi connectivity index (χ0n) is 44.9. The number of hydrogen-bond acceptors (Lipinski definition) is 6. The second-order valence-corrected chi connectivity index (χ2v) is 19.2. The van der Waals surface area contributed by atoms with E-state index in [1.165, 1.54) is 135 Å². The molecule has 0 N–H and O–H groups in total. The first kappa shape index (κ1) is 64.8. The van der Waals surface area contributed by atoms with Crippen molar-refractivity contribution < 1.29 is 28.6 Å². The average Bonchev–Trinajstić information content (AvgIpc) is 3.34. The maximum atomic E-state index is 12.9. The number of rotatable bonds is 52. The summed E-state index contributed by atoms with van der Waals surface area (Å²) in [6.07, 6.45) is 71.7. The minimum atomic E-state index is -0.789. The Labute approximate surface area is 421 Å². The van der Waals surface area contributed by atoms with Gasteiger partial charge in [-0.1, -0.05) is 229 Å². The number of carbonyl (C=O) groups is 3. The first-order chi connectivity index (χ1) is 33.5. The molecule has 0 fully saturated rings. The molecule has 0 spiro atoms. The molecule has 1 atom stereocenters. The van der Waals surface area contributed by atoms with Crippen molar-refractivity contribution in [2.45, 2.75) is 290 Å². The van der Waals surface area contributed by atoms with Crippen molar-refractivity contribution >= 4 is 17.9 Å². The summed E-state index contributed by atoms with van der Waals surface area (Å²) in [5, 5.41) is 0. The van der Waals surface area contributed by atoms with Crippen LogP contribution in [0.15, 0.2) is 72.9 Å². The second-order valence-electron chi connectivity index (χ2n) is 19.2. The third-order valence-electron chi connectivity index (χ3n) is 12.4. The molecule has 6 heteroatoms.